The van der Waals surface area contributed by atoms with E-state index in [4.69, 9.17) is 0 Å². The van der Waals surface area contributed by atoms with Crippen molar-refractivity contribution in [2.75, 3.05) is 0 Å². The van der Waals surface area contributed by atoms with Crippen LogP contribution in [0.4, 0.5) is 0 Å². The van der Waals surface area contributed by atoms with Gasteiger partial charge >= 0.3 is 0 Å². The van der Waals surface area contributed by atoms with Crippen molar-refractivity contribution in [3.05, 3.63) is 15.9 Å². The van der Waals surface area contributed by atoms with Gasteiger partial charge in [0.15, 0.2) is 0 Å². The van der Waals surface area contributed by atoms with Gasteiger partial charge in [-0.2, -0.15) is 5.10 Å². The Balaban J connectivity index is 3.29. The van der Waals surface area contributed by atoms with Gasteiger partial charge in [-0.1, -0.05) is 0 Å². The lowest BCUT2D eigenvalue weighted by atomic mass is 10.4. The standard InChI is InChI=1S/C7H9BrN2O/c1-4-7(8)5(2)10(9-4)6(3)11/h1-3H3. The van der Waals surface area contributed by atoms with Gasteiger partial charge in [-0.15, -0.1) is 0 Å². The van der Waals surface area contributed by atoms with Crippen molar-refractivity contribution in [1.29, 1.82) is 0 Å². The zero-order chi connectivity index (χ0) is 8.59. The zero-order valence-corrected chi connectivity index (χ0v) is 8.27. The largest absolute Gasteiger partial charge is 0.273 e. The summed E-state index contributed by atoms with van der Waals surface area (Å²) >= 11 is 3.33. The monoisotopic (exact) mass is 216 g/mol. The van der Waals surface area contributed by atoms with Gasteiger partial charge in [0.2, 0.25) is 5.91 Å². The van der Waals surface area contributed by atoms with E-state index in [0.29, 0.717) is 0 Å². The number of aryl methyl sites for hydroxylation is 1. The van der Waals surface area contributed by atoms with Crippen molar-refractivity contribution in [2.45, 2.75) is 20.8 Å². The minimum absolute atomic E-state index is 0.0590. The maximum atomic E-state index is 10.9. The van der Waals surface area contributed by atoms with Crippen LogP contribution in [0.15, 0.2) is 4.47 Å². The van der Waals surface area contributed by atoms with Crippen molar-refractivity contribution in [1.82, 2.24) is 9.78 Å². The van der Waals surface area contributed by atoms with Crippen LogP contribution in [0.1, 0.15) is 23.1 Å². The predicted molar refractivity (Wildman–Crippen MR) is 45.7 cm³/mol. The molecule has 3 nitrogen and oxygen atoms in total. The molecular weight excluding hydrogens is 208 g/mol. The molecule has 1 heterocycles. The smallest absolute Gasteiger partial charge is 0.244 e. The van der Waals surface area contributed by atoms with Gasteiger partial charge in [0.1, 0.15) is 0 Å². The third-order valence-electron chi connectivity index (χ3n) is 1.50. The second-order valence-electron chi connectivity index (χ2n) is 2.42. The van der Waals surface area contributed by atoms with E-state index in [0.717, 1.165) is 15.9 Å². The molecular formula is C7H9BrN2O. The second-order valence-corrected chi connectivity index (χ2v) is 3.21. The number of nitrogens with zero attached hydrogens (tertiary/aromatic N) is 2. The molecule has 0 fully saturated rings. The minimum atomic E-state index is -0.0590. The summed E-state index contributed by atoms with van der Waals surface area (Å²) in [5.74, 6) is -0.0590. The number of aromatic nitrogens is 2. The molecule has 0 saturated heterocycles. The van der Waals surface area contributed by atoms with E-state index in [2.05, 4.69) is 21.0 Å². The Kier molecular flexibility index (Phi) is 2.13. The summed E-state index contributed by atoms with van der Waals surface area (Å²) in [5, 5.41) is 4.03. The van der Waals surface area contributed by atoms with Crippen LogP contribution in [0, 0.1) is 13.8 Å². The molecule has 0 saturated carbocycles. The van der Waals surface area contributed by atoms with Crippen LogP contribution in [-0.2, 0) is 0 Å². The lowest BCUT2D eigenvalue weighted by Crippen LogP contribution is -2.09. The number of carbonyl (C=O) groups excluding carboxylic acids is 1. The summed E-state index contributed by atoms with van der Waals surface area (Å²) in [7, 11) is 0. The fourth-order valence-corrected chi connectivity index (χ4v) is 1.18. The summed E-state index contributed by atoms with van der Waals surface area (Å²) in [6, 6.07) is 0. The topological polar surface area (TPSA) is 34.9 Å². The Morgan fingerprint density at radius 2 is 2.09 bits per heavy atom. The first-order chi connectivity index (χ1) is 5.04. The van der Waals surface area contributed by atoms with Crippen molar-refractivity contribution in [3.8, 4) is 0 Å². The highest BCUT2D eigenvalue weighted by Gasteiger charge is 2.10. The number of rotatable bonds is 0. The van der Waals surface area contributed by atoms with Crippen molar-refractivity contribution in [2.24, 2.45) is 0 Å². The predicted octanol–water partition coefficient (Wildman–Crippen LogP) is 1.92. The van der Waals surface area contributed by atoms with E-state index in [1.165, 1.54) is 11.6 Å². The van der Waals surface area contributed by atoms with Gasteiger partial charge in [0, 0.05) is 6.92 Å². The molecule has 0 aliphatic carbocycles. The molecule has 1 aromatic rings. The summed E-state index contributed by atoms with van der Waals surface area (Å²) in [4.78, 5) is 10.9. The van der Waals surface area contributed by atoms with Gasteiger partial charge < -0.3 is 0 Å². The molecule has 1 aromatic heterocycles. The molecule has 1 rings (SSSR count). The van der Waals surface area contributed by atoms with Crippen molar-refractivity contribution < 1.29 is 4.79 Å². The van der Waals surface area contributed by atoms with Crippen LogP contribution in [0.5, 0.6) is 0 Å². The first kappa shape index (κ1) is 8.46. The average molecular weight is 217 g/mol. The van der Waals surface area contributed by atoms with Crippen LogP contribution in [0.25, 0.3) is 0 Å². The van der Waals surface area contributed by atoms with E-state index in [9.17, 15) is 4.79 Å². The Morgan fingerprint density at radius 1 is 1.55 bits per heavy atom. The second kappa shape index (κ2) is 2.77. The van der Waals surface area contributed by atoms with Crippen LogP contribution >= 0.6 is 15.9 Å². The summed E-state index contributed by atoms with van der Waals surface area (Å²) in [6.07, 6.45) is 0. The quantitative estimate of drug-likeness (QED) is 0.665. The molecule has 0 amide bonds. The van der Waals surface area contributed by atoms with E-state index in [1.54, 1.807) is 0 Å². The number of halogens is 1. The highest BCUT2D eigenvalue weighted by atomic mass is 79.9. The van der Waals surface area contributed by atoms with Crippen molar-refractivity contribution >= 4 is 21.8 Å². The molecule has 0 bridgehead atoms. The Bertz CT molecular complexity index is 304. The molecule has 0 unspecified atom stereocenters. The van der Waals surface area contributed by atoms with Gasteiger partial charge in [-0.3, -0.25) is 4.79 Å². The van der Waals surface area contributed by atoms with E-state index in [-0.39, 0.29) is 5.91 Å². The summed E-state index contributed by atoms with van der Waals surface area (Å²) in [5.41, 5.74) is 1.70. The number of carbonyl (C=O) groups is 1. The first-order valence-electron chi connectivity index (χ1n) is 3.26. The van der Waals surface area contributed by atoms with Gasteiger partial charge in [-0.25, -0.2) is 4.68 Å². The normalized spacial score (nSPS) is 10.2. The zero-order valence-electron chi connectivity index (χ0n) is 6.68. The van der Waals surface area contributed by atoms with Crippen LogP contribution in [0.2, 0.25) is 0 Å². The molecule has 0 N–H and O–H groups in total. The molecule has 0 atom stereocenters. The molecule has 0 aliphatic heterocycles. The van der Waals surface area contributed by atoms with E-state index < -0.39 is 0 Å². The fourth-order valence-electron chi connectivity index (χ4n) is 0.930. The molecule has 0 aliphatic rings. The lowest BCUT2D eigenvalue weighted by Gasteiger charge is -1.95. The molecule has 0 radical (unpaired) electrons. The third kappa shape index (κ3) is 1.35. The van der Waals surface area contributed by atoms with Crippen LogP contribution in [-0.4, -0.2) is 15.7 Å². The lowest BCUT2D eigenvalue weighted by molar-refractivity contribution is 0.0918. The first-order valence-corrected chi connectivity index (χ1v) is 4.06. The maximum Gasteiger partial charge on any atom is 0.244 e. The number of hydrogen-bond donors (Lipinski definition) is 0. The summed E-state index contributed by atoms with van der Waals surface area (Å²) in [6.45, 7) is 5.20. The highest BCUT2D eigenvalue weighted by molar-refractivity contribution is 9.10. The third-order valence-corrected chi connectivity index (χ3v) is 2.65. The van der Waals surface area contributed by atoms with E-state index in [1.807, 2.05) is 13.8 Å². The minimum Gasteiger partial charge on any atom is -0.273 e. The van der Waals surface area contributed by atoms with Gasteiger partial charge in [-0.05, 0) is 29.8 Å². The molecule has 4 heteroatoms. The molecule has 0 aromatic carbocycles. The van der Waals surface area contributed by atoms with Gasteiger partial charge in [0.05, 0.1) is 15.9 Å². The Morgan fingerprint density at radius 3 is 2.27 bits per heavy atom. The Labute approximate surface area is 73.5 Å². The molecule has 0 spiro atoms. The fraction of sp³-hybridized carbons (Fsp3) is 0.429. The van der Waals surface area contributed by atoms with Gasteiger partial charge in [0.25, 0.3) is 0 Å². The number of hydrogen-bond acceptors (Lipinski definition) is 2. The molecule has 11 heavy (non-hydrogen) atoms. The Hall–Kier alpha value is -0.640. The summed E-state index contributed by atoms with van der Waals surface area (Å²) < 4.78 is 2.30. The maximum absolute atomic E-state index is 10.9. The molecule has 60 valence electrons. The van der Waals surface area contributed by atoms with Crippen LogP contribution < -0.4 is 0 Å². The SMILES string of the molecule is CC(=O)n1nc(C)c(Br)c1C. The highest BCUT2D eigenvalue weighted by Crippen LogP contribution is 2.19. The van der Waals surface area contributed by atoms with Crippen molar-refractivity contribution in [3.63, 3.8) is 0 Å². The average Bonchev–Trinajstić information content (AvgIpc) is 2.17. The van der Waals surface area contributed by atoms with Crippen LogP contribution in [0.3, 0.4) is 0 Å². The van der Waals surface area contributed by atoms with E-state index >= 15 is 0 Å².